The maximum Gasteiger partial charge on any atom is 0.138 e. The van der Waals surface area contributed by atoms with Gasteiger partial charge in [0.2, 0.25) is 0 Å². The number of carbonyl (C=O) groups is 1. The average Bonchev–Trinajstić information content (AvgIpc) is 2.39. The minimum Gasteiger partial charge on any atom is -0.316 e. The van der Waals surface area contributed by atoms with Crippen molar-refractivity contribution in [2.45, 2.75) is 51.4 Å². The number of nitrogens with one attached hydrogen (secondary N) is 1. The zero-order valence-corrected chi connectivity index (χ0v) is 11.9. The molecule has 1 N–H and O–H groups in total. The molecular weight excluding hydrogens is 234 g/mol. The normalized spacial score (nSPS) is 48.7. The van der Waals surface area contributed by atoms with Crippen LogP contribution < -0.4 is 5.32 Å². The van der Waals surface area contributed by atoms with Crippen LogP contribution in [0.1, 0.15) is 51.4 Å². The second-order valence-corrected chi connectivity index (χ2v) is 7.79. The number of Topliss-reactive ketones (excluding diaryl/α,β-unsaturated/α-hetero) is 1. The molecule has 106 valence electrons. The summed E-state index contributed by atoms with van der Waals surface area (Å²) in [5.74, 6) is 6.07. The lowest BCUT2D eigenvalue weighted by molar-refractivity contribution is -0.124. The molecule has 0 amide bonds. The van der Waals surface area contributed by atoms with Gasteiger partial charge < -0.3 is 5.32 Å². The van der Waals surface area contributed by atoms with Crippen molar-refractivity contribution < 1.29 is 4.79 Å². The van der Waals surface area contributed by atoms with Crippen molar-refractivity contribution in [3.8, 4) is 0 Å². The van der Waals surface area contributed by atoms with Crippen LogP contribution in [-0.2, 0) is 4.79 Å². The van der Waals surface area contributed by atoms with Crippen LogP contribution in [0.5, 0.6) is 0 Å². The van der Waals surface area contributed by atoms with Crippen molar-refractivity contribution in [3.05, 3.63) is 0 Å². The number of piperidine rings is 1. The first-order valence-electron chi connectivity index (χ1n) is 8.53. The summed E-state index contributed by atoms with van der Waals surface area (Å²) in [6, 6.07) is 0. The summed E-state index contributed by atoms with van der Waals surface area (Å²) in [4.78, 5) is 11.9. The molecular formula is C17H27NO. The number of carbonyl (C=O) groups excluding carboxylic acids is 1. The lowest BCUT2D eigenvalue weighted by Gasteiger charge is -2.54. The van der Waals surface area contributed by atoms with E-state index < -0.39 is 0 Å². The van der Waals surface area contributed by atoms with E-state index in [1.165, 1.54) is 38.5 Å². The average molecular weight is 261 g/mol. The molecule has 5 fully saturated rings. The highest BCUT2D eigenvalue weighted by atomic mass is 16.1. The third kappa shape index (κ3) is 2.26. The molecule has 5 rings (SSSR count). The van der Waals surface area contributed by atoms with Crippen LogP contribution in [0.4, 0.5) is 0 Å². The van der Waals surface area contributed by atoms with Gasteiger partial charge in [-0.05, 0) is 74.5 Å². The van der Waals surface area contributed by atoms with E-state index in [1.807, 2.05) is 0 Å². The minimum absolute atomic E-state index is 0.339. The van der Waals surface area contributed by atoms with Crippen LogP contribution in [0.3, 0.4) is 0 Å². The largest absolute Gasteiger partial charge is 0.316 e. The molecule has 4 saturated carbocycles. The zero-order chi connectivity index (χ0) is 12.8. The van der Waals surface area contributed by atoms with E-state index in [4.69, 9.17) is 0 Å². The standard InChI is InChI=1S/C17H27NO/c19-17-3-4-18-10-13(17)1-2-16-14-6-11-5-12(8-14)9-15(16)7-11/h11-16,18H,1-10H2. The fourth-order valence-electron chi connectivity index (χ4n) is 5.97. The summed E-state index contributed by atoms with van der Waals surface area (Å²) in [6.45, 7) is 1.86. The summed E-state index contributed by atoms with van der Waals surface area (Å²) in [5, 5.41) is 3.40. The second kappa shape index (κ2) is 4.87. The summed E-state index contributed by atoms with van der Waals surface area (Å²) < 4.78 is 0. The van der Waals surface area contributed by atoms with Gasteiger partial charge in [0.1, 0.15) is 5.78 Å². The Morgan fingerprint density at radius 1 is 0.947 bits per heavy atom. The molecule has 1 unspecified atom stereocenters. The topological polar surface area (TPSA) is 29.1 Å². The van der Waals surface area contributed by atoms with E-state index in [1.54, 1.807) is 6.42 Å². The molecule has 19 heavy (non-hydrogen) atoms. The van der Waals surface area contributed by atoms with Crippen LogP contribution in [0.15, 0.2) is 0 Å². The molecule has 2 heteroatoms. The quantitative estimate of drug-likeness (QED) is 0.846. The first-order chi connectivity index (χ1) is 9.29. The SMILES string of the molecule is O=C1CCNCC1CCC1C2CC3CC(C2)CC1C3. The van der Waals surface area contributed by atoms with Crippen LogP contribution in [0.2, 0.25) is 0 Å². The fraction of sp³-hybridized carbons (Fsp3) is 0.941. The Hall–Kier alpha value is -0.370. The van der Waals surface area contributed by atoms with Gasteiger partial charge in [-0.1, -0.05) is 0 Å². The minimum atomic E-state index is 0.339. The predicted octanol–water partition coefficient (Wildman–Crippen LogP) is 3.02. The summed E-state index contributed by atoms with van der Waals surface area (Å²) in [7, 11) is 0. The Morgan fingerprint density at radius 3 is 2.26 bits per heavy atom. The lowest BCUT2D eigenvalue weighted by atomic mass is 9.51. The van der Waals surface area contributed by atoms with Gasteiger partial charge >= 0.3 is 0 Å². The third-order valence-electron chi connectivity index (χ3n) is 6.66. The fourth-order valence-corrected chi connectivity index (χ4v) is 5.97. The second-order valence-electron chi connectivity index (χ2n) is 7.79. The van der Waals surface area contributed by atoms with Crippen LogP contribution in [0.25, 0.3) is 0 Å². The number of ketones is 1. The number of rotatable bonds is 3. The van der Waals surface area contributed by atoms with E-state index in [0.717, 1.165) is 49.1 Å². The molecule has 1 saturated heterocycles. The molecule has 1 atom stereocenters. The highest BCUT2D eigenvalue weighted by molar-refractivity contribution is 5.82. The molecule has 5 aliphatic rings. The Labute approximate surface area is 116 Å². The highest BCUT2D eigenvalue weighted by Gasteiger charge is 2.47. The molecule has 2 nitrogen and oxygen atoms in total. The molecule has 1 aliphatic heterocycles. The number of hydrogen-bond donors (Lipinski definition) is 1. The van der Waals surface area contributed by atoms with Crippen molar-refractivity contribution in [1.29, 1.82) is 0 Å². The maximum atomic E-state index is 11.9. The lowest BCUT2D eigenvalue weighted by Crippen LogP contribution is -2.45. The van der Waals surface area contributed by atoms with E-state index in [-0.39, 0.29) is 0 Å². The van der Waals surface area contributed by atoms with E-state index in [2.05, 4.69) is 5.32 Å². The Morgan fingerprint density at radius 2 is 1.63 bits per heavy atom. The molecule has 0 radical (unpaired) electrons. The van der Waals surface area contributed by atoms with Crippen molar-refractivity contribution in [2.75, 3.05) is 13.1 Å². The van der Waals surface area contributed by atoms with Gasteiger partial charge in [0.05, 0.1) is 0 Å². The molecule has 0 aromatic carbocycles. The predicted molar refractivity (Wildman–Crippen MR) is 75.8 cm³/mol. The van der Waals surface area contributed by atoms with E-state index in [0.29, 0.717) is 11.7 Å². The van der Waals surface area contributed by atoms with Gasteiger partial charge in [0.15, 0.2) is 0 Å². The zero-order valence-electron chi connectivity index (χ0n) is 11.9. The van der Waals surface area contributed by atoms with Gasteiger partial charge in [-0.15, -0.1) is 0 Å². The smallest absolute Gasteiger partial charge is 0.138 e. The molecule has 1 heterocycles. The van der Waals surface area contributed by atoms with Crippen molar-refractivity contribution >= 4 is 5.78 Å². The Kier molecular flexibility index (Phi) is 3.17. The van der Waals surface area contributed by atoms with Gasteiger partial charge in [0, 0.05) is 25.4 Å². The molecule has 0 aromatic heterocycles. The summed E-state index contributed by atoms with van der Waals surface area (Å²) in [5.41, 5.74) is 0. The van der Waals surface area contributed by atoms with Crippen LogP contribution in [0, 0.1) is 35.5 Å². The Balaban J connectivity index is 1.36. The molecule has 0 spiro atoms. The summed E-state index contributed by atoms with van der Waals surface area (Å²) >= 11 is 0. The maximum absolute atomic E-state index is 11.9. The first-order valence-corrected chi connectivity index (χ1v) is 8.53. The Bertz CT molecular complexity index is 336. The van der Waals surface area contributed by atoms with Crippen molar-refractivity contribution in [1.82, 2.24) is 5.32 Å². The molecule has 4 bridgehead atoms. The van der Waals surface area contributed by atoms with Crippen LogP contribution >= 0.6 is 0 Å². The van der Waals surface area contributed by atoms with Gasteiger partial charge in [-0.25, -0.2) is 0 Å². The summed E-state index contributed by atoms with van der Waals surface area (Å²) in [6.07, 6.45) is 10.9. The van der Waals surface area contributed by atoms with E-state index in [9.17, 15) is 4.79 Å². The third-order valence-corrected chi connectivity index (χ3v) is 6.66. The molecule has 4 aliphatic carbocycles. The van der Waals surface area contributed by atoms with Gasteiger partial charge in [-0.2, -0.15) is 0 Å². The monoisotopic (exact) mass is 261 g/mol. The van der Waals surface area contributed by atoms with Crippen molar-refractivity contribution in [3.63, 3.8) is 0 Å². The van der Waals surface area contributed by atoms with Crippen molar-refractivity contribution in [2.24, 2.45) is 35.5 Å². The molecule has 0 aromatic rings. The number of hydrogen-bond acceptors (Lipinski definition) is 2. The van der Waals surface area contributed by atoms with Crippen LogP contribution in [-0.4, -0.2) is 18.9 Å². The van der Waals surface area contributed by atoms with Gasteiger partial charge in [0.25, 0.3) is 0 Å². The van der Waals surface area contributed by atoms with Gasteiger partial charge in [-0.3, -0.25) is 4.79 Å². The highest BCUT2D eigenvalue weighted by Crippen LogP contribution is 2.57. The first kappa shape index (κ1) is 12.4. The van der Waals surface area contributed by atoms with E-state index >= 15 is 0 Å².